The zero-order valence-electron chi connectivity index (χ0n) is 9.01. The molecular weight excluding hydrogens is 200 g/mol. The van der Waals surface area contributed by atoms with Gasteiger partial charge in [-0.3, -0.25) is 0 Å². The number of imidazole rings is 1. The van der Waals surface area contributed by atoms with Gasteiger partial charge in [-0.1, -0.05) is 6.92 Å². The highest BCUT2D eigenvalue weighted by Crippen LogP contribution is 2.17. The van der Waals surface area contributed by atoms with Crippen LogP contribution in [0, 0.1) is 11.3 Å². The number of hydrogen-bond donors (Lipinski definition) is 1. The summed E-state index contributed by atoms with van der Waals surface area (Å²) in [5.41, 5.74) is 7.59. The first-order valence-corrected chi connectivity index (χ1v) is 5.08. The van der Waals surface area contributed by atoms with Crippen molar-refractivity contribution in [3.05, 3.63) is 42.0 Å². The molecule has 4 heteroatoms. The summed E-state index contributed by atoms with van der Waals surface area (Å²) in [7, 11) is 0. The van der Waals surface area contributed by atoms with Crippen LogP contribution in [0.4, 0.5) is 5.69 Å². The molecule has 16 heavy (non-hydrogen) atoms. The van der Waals surface area contributed by atoms with E-state index in [2.05, 4.69) is 11.1 Å². The summed E-state index contributed by atoms with van der Waals surface area (Å²) in [4.78, 5) is 4.24. The minimum absolute atomic E-state index is 0.494. The molecule has 0 amide bonds. The molecule has 0 atom stereocenters. The molecule has 1 heterocycles. The highest BCUT2D eigenvalue weighted by atomic mass is 15.1. The summed E-state index contributed by atoms with van der Waals surface area (Å²) in [6.07, 6.45) is 4.48. The molecule has 1 aromatic carbocycles. The topological polar surface area (TPSA) is 67.6 Å². The maximum Gasteiger partial charge on any atom is 0.112 e. The fourth-order valence-electron chi connectivity index (χ4n) is 1.62. The van der Waals surface area contributed by atoms with Crippen molar-refractivity contribution >= 4 is 5.69 Å². The van der Waals surface area contributed by atoms with Crippen LogP contribution in [0.25, 0.3) is 5.69 Å². The summed E-state index contributed by atoms with van der Waals surface area (Å²) in [5.74, 6) is 0.966. The fourth-order valence-corrected chi connectivity index (χ4v) is 1.62. The van der Waals surface area contributed by atoms with Gasteiger partial charge in [-0.2, -0.15) is 5.26 Å². The van der Waals surface area contributed by atoms with E-state index in [-0.39, 0.29) is 0 Å². The lowest BCUT2D eigenvalue weighted by Crippen LogP contribution is -2.00. The van der Waals surface area contributed by atoms with Gasteiger partial charge in [0.2, 0.25) is 0 Å². The van der Waals surface area contributed by atoms with Crippen molar-refractivity contribution in [2.24, 2.45) is 0 Å². The van der Waals surface area contributed by atoms with Gasteiger partial charge in [-0.15, -0.1) is 0 Å². The van der Waals surface area contributed by atoms with Gasteiger partial charge >= 0.3 is 0 Å². The number of anilines is 1. The molecule has 4 nitrogen and oxygen atoms in total. The zero-order chi connectivity index (χ0) is 11.5. The Kier molecular flexibility index (Phi) is 2.61. The van der Waals surface area contributed by atoms with E-state index in [0.717, 1.165) is 17.9 Å². The molecular formula is C12H12N4. The minimum Gasteiger partial charge on any atom is -0.398 e. The van der Waals surface area contributed by atoms with Gasteiger partial charge in [0.15, 0.2) is 0 Å². The third-order valence-corrected chi connectivity index (χ3v) is 2.47. The summed E-state index contributed by atoms with van der Waals surface area (Å²) < 4.78 is 1.96. The Morgan fingerprint density at radius 2 is 2.31 bits per heavy atom. The van der Waals surface area contributed by atoms with Gasteiger partial charge in [-0.25, -0.2) is 4.98 Å². The predicted molar refractivity (Wildman–Crippen MR) is 62.1 cm³/mol. The van der Waals surface area contributed by atoms with Gasteiger partial charge in [0.25, 0.3) is 0 Å². The monoisotopic (exact) mass is 212 g/mol. The highest BCUT2D eigenvalue weighted by molar-refractivity contribution is 5.58. The first-order valence-electron chi connectivity index (χ1n) is 5.08. The molecule has 0 aliphatic rings. The smallest absolute Gasteiger partial charge is 0.112 e. The number of aryl methyl sites for hydroxylation is 1. The Morgan fingerprint density at radius 1 is 1.50 bits per heavy atom. The number of rotatable bonds is 2. The molecule has 80 valence electrons. The minimum atomic E-state index is 0.494. The molecule has 2 rings (SSSR count). The molecule has 2 aromatic rings. The average Bonchev–Trinajstić information content (AvgIpc) is 2.78. The number of nitrogen functional groups attached to an aromatic ring is 1. The molecule has 0 radical (unpaired) electrons. The van der Waals surface area contributed by atoms with Gasteiger partial charge < -0.3 is 10.3 Å². The second-order valence-corrected chi connectivity index (χ2v) is 3.45. The highest BCUT2D eigenvalue weighted by Gasteiger charge is 2.05. The van der Waals surface area contributed by atoms with Gasteiger partial charge in [0.1, 0.15) is 11.9 Å². The first-order chi connectivity index (χ1) is 7.76. The van der Waals surface area contributed by atoms with Gasteiger partial charge in [-0.05, 0) is 18.2 Å². The van der Waals surface area contributed by atoms with Crippen LogP contribution in [0.2, 0.25) is 0 Å². The molecule has 0 spiro atoms. The molecule has 0 aliphatic carbocycles. The van der Waals surface area contributed by atoms with Crippen molar-refractivity contribution in [2.45, 2.75) is 13.3 Å². The molecule has 0 saturated carbocycles. The Hall–Kier alpha value is -2.28. The van der Waals surface area contributed by atoms with E-state index < -0.39 is 0 Å². The molecule has 0 aliphatic heterocycles. The van der Waals surface area contributed by atoms with Gasteiger partial charge in [0, 0.05) is 30.2 Å². The third-order valence-electron chi connectivity index (χ3n) is 2.47. The molecule has 2 N–H and O–H groups in total. The van der Waals surface area contributed by atoms with Crippen molar-refractivity contribution in [1.29, 1.82) is 5.26 Å². The van der Waals surface area contributed by atoms with Gasteiger partial charge in [0.05, 0.1) is 5.56 Å². The number of hydrogen-bond acceptors (Lipinski definition) is 3. The van der Waals surface area contributed by atoms with Crippen LogP contribution in [0.5, 0.6) is 0 Å². The molecule has 1 aromatic heterocycles. The summed E-state index contributed by atoms with van der Waals surface area (Å²) in [5, 5.41) is 8.91. The summed E-state index contributed by atoms with van der Waals surface area (Å²) in [6, 6.07) is 7.48. The van der Waals surface area contributed by atoms with Crippen LogP contribution >= 0.6 is 0 Å². The Bertz CT molecular complexity index is 548. The normalized spacial score (nSPS) is 10.0. The molecule has 0 bridgehead atoms. The lowest BCUT2D eigenvalue weighted by Gasteiger charge is -2.07. The Morgan fingerprint density at radius 3 is 3.00 bits per heavy atom. The lowest BCUT2D eigenvalue weighted by atomic mass is 10.1. The van der Waals surface area contributed by atoms with E-state index in [4.69, 9.17) is 11.0 Å². The van der Waals surface area contributed by atoms with Crippen LogP contribution in [0.1, 0.15) is 18.3 Å². The summed E-state index contributed by atoms with van der Waals surface area (Å²) >= 11 is 0. The number of nitrogens with two attached hydrogens (primary N) is 1. The third kappa shape index (κ3) is 1.63. The van der Waals surface area contributed by atoms with E-state index >= 15 is 0 Å². The lowest BCUT2D eigenvalue weighted by molar-refractivity contribution is 0.891. The van der Waals surface area contributed by atoms with E-state index in [1.807, 2.05) is 23.8 Å². The van der Waals surface area contributed by atoms with E-state index in [0.29, 0.717) is 11.3 Å². The Balaban J connectivity index is 2.53. The standard InChI is InChI=1S/C12H12N4/c1-2-12-15-5-6-16(12)10-3-4-11(14)9(7-10)8-13/h3-7H,2,14H2,1H3. The van der Waals surface area contributed by atoms with Crippen molar-refractivity contribution < 1.29 is 0 Å². The zero-order valence-corrected chi connectivity index (χ0v) is 9.01. The second kappa shape index (κ2) is 4.07. The van der Waals surface area contributed by atoms with Crippen molar-refractivity contribution in [3.63, 3.8) is 0 Å². The van der Waals surface area contributed by atoms with Crippen molar-refractivity contribution in [2.75, 3.05) is 5.73 Å². The largest absolute Gasteiger partial charge is 0.398 e. The SMILES string of the molecule is CCc1nccn1-c1ccc(N)c(C#N)c1. The number of aromatic nitrogens is 2. The van der Waals surface area contributed by atoms with E-state index in [9.17, 15) is 0 Å². The van der Waals surface area contributed by atoms with Crippen LogP contribution < -0.4 is 5.73 Å². The van der Waals surface area contributed by atoms with E-state index in [1.165, 1.54) is 0 Å². The number of benzene rings is 1. The molecule has 0 unspecified atom stereocenters. The van der Waals surface area contributed by atoms with Crippen LogP contribution in [-0.2, 0) is 6.42 Å². The predicted octanol–water partition coefficient (Wildman–Crippen LogP) is 1.89. The maximum atomic E-state index is 8.91. The Labute approximate surface area is 94.0 Å². The average molecular weight is 212 g/mol. The summed E-state index contributed by atoms with van der Waals surface area (Å²) in [6.45, 7) is 2.04. The fraction of sp³-hybridized carbons (Fsp3) is 0.167. The van der Waals surface area contributed by atoms with Crippen molar-refractivity contribution in [3.8, 4) is 11.8 Å². The maximum absolute atomic E-state index is 8.91. The number of nitriles is 1. The van der Waals surface area contributed by atoms with Crippen LogP contribution in [-0.4, -0.2) is 9.55 Å². The second-order valence-electron chi connectivity index (χ2n) is 3.45. The quantitative estimate of drug-likeness (QED) is 0.773. The van der Waals surface area contributed by atoms with E-state index in [1.54, 1.807) is 18.3 Å². The molecule has 0 saturated heterocycles. The van der Waals surface area contributed by atoms with Crippen LogP contribution in [0.3, 0.4) is 0 Å². The molecule has 0 fully saturated rings. The van der Waals surface area contributed by atoms with Crippen LogP contribution in [0.15, 0.2) is 30.6 Å². The van der Waals surface area contributed by atoms with Crippen molar-refractivity contribution in [1.82, 2.24) is 9.55 Å². The first kappa shape index (κ1) is 10.2. The number of nitrogens with zero attached hydrogens (tertiary/aromatic N) is 3.